The first-order valence-electron chi connectivity index (χ1n) is 9.01. The summed E-state index contributed by atoms with van der Waals surface area (Å²) in [6, 6.07) is 7.27. The zero-order valence-corrected chi connectivity index (χ0v) is 14.6. The molecule has 0 aliphatic carbocycles. The fourth-order valence-electron chi connectivity index (χ4n) is 3.30. The van der Waals surface area contributed by atoms with Crippen LogP contribution in [0.3, 0.4) is 0 Å². The smallest absolute Gasteiger partial charge is 0.376 e. The van der Waals surface area contributed by atoms with Gasteiger partial charge in [-0.15, -0.1) is 0 Å². The van der Waals surface area contributed by atoms with Gasteiger partial charge in [-0.1, -0.05) is 12.1 Å². The summed E-state index contributed by atoms with van der Waals surface area (Å²) in [4.78, 5) is 26.0. The van der Waals surface area contributed by atoms with Crippen LogP contribution >= 0.6 is 0 Å². The lowest BCUT2D eigenvalue weighted by molar-refractivity contribution is -0.904. The minimum atomic E-state index is -0.560. The van der Waals surface area contributed by atoms with E-state index in [2.05, 4.69) is 5.32 Å². The van der Waals surface area contributed by atoms with E-state index in [-0.39, 0.29) is 18.3 Å². The van der Waals surface area contributed by atoms with Crippen molar-refractivity contribution < 1.29 is 23.6 Å². The van der Waals surface area contributed by atoms with Crippen LogP contribution in [0, 0.1) is 0 Å². The largest absolute Gasteiger partial charge is 0.460 e. The van der Waals surface area contributed by atoms with Crippen molar-refractivity contribution in [3.05, 3.63) is 30.0 Å². The summed E-state index contributed by atoms with van der Waals surface area (Å²) >= 11 is 0. The van der Waals surface area contributed by atoms with Gasteiger partial charge in [0.15, 0.2) is 0 Å². The predicted molar refractivity (Wildman–Crippen MR) is 94.8 cm³/mol. The highest BCUT2D eigenvalue weighted by Crippen LogP contribution is 2.31. The molecule has 134 valence electrons. The summed E-state index contributed by atoms with van der Waals surface area (Å²) in [6.07, 6.45) is 4.18. The molecule has 0 bridgehead atoms. The summed E-state index contributed by atoms with van der Waals surface area (Å²) < 4.78 is 10.7. The van der Waals surface area contributed by atoms with E-state index in [1.54, 1.807) is 13.0 Å². The molecule has 1 fully saturated rings. The maximum Gasteiger partial charge on any atom is 0.376 e. The lowest BCUT2D eigenvalue weighted by Crippen LogP contribution is -3.12. The Morgan fingerprint density at radius 2 is 1.96 bits per heavy atom. The van der Waals surface area contributed by atoms with Gasteiger partial charge in [-0.25, -0.2) is 4.79 Å². The molecular formula is C19H25N2O4+. The molecule has 1 aliphatic heterocycles. The number of quaternary nitrogens is 1. The second kappa shape index (κ2) is 8.16. The molecule has 2 N–H and O–H groups in total. The average Bonchev–Trinajstić information content (AvgIpc) is 3.00. The Morgan fingerprint density at radius 3 is 2.72 bits per heavy atom. The Labute approximate surface area is 147 Å². The van der Waals surface area contributed by atoms with E-state index >= 15 is 0 Å². The van der Waals surface area contributed by atoms with Crippen molar-refractivity contribution in [2.75, 3.05) is 31.6 Å². The van der Waals surface area contributed by atoms with Gasteiger partial charge >= 0.3 is 5.97 Å². The van der Waals surface area contributed by atoms with E-state index in [4.69, 9.17) is 9.15 Å². The number of carbonyl (C=O) groups is 2. The van der Waals surface area contributed by atoms with Gasteiger partial charge < -0.3 is 19.4 Å². The fraction of sp³-hybridized carbons (Fsp3) is 0.474. The third-order valence-electron chi connectivity index (χ3n) is 4.59. The Bertz CT molecular complexity index is 747. The first-order chi connectivity index (χ1) is 12.2. The third-order valence-corrected chi connectivity index (χ3v) is 4.59. The van der Waals surface area contributed by atoms with Gasteiger partial charge in [0.25, 0.3) is 0 Å². The first kappa shape index (κ1) is 17.5. The van der Waals surface area contributed by atoms with Gasteiger partial charge in [0, 0.05) is 5.39 Å². The molecule has 2 aromatic rings. The standard InChI is InChI=1S/C19H24N2O4/c1-2-24-19(23)18-17(14-8-4-5-9-15(14)25-18)20-16(22)10-13-21-11-6-3-7-12-21/h4-5,8-9H,2-3,6-7,10-13H2,1H3,(H,20,22)/p+1. The van der Waals surface area contributed by atoms with Crippen molar-refractivity contribution in [2.45, 2.75) is 32.6 Å². The molecule has 25 heavy (non-hydrogen) atoms. The molecule has 1 aliphatic rings. The van der Waals surface area contributed by atoms with Crippen LogP contribution in [0.5, 0.6) is 0 Å². The summed E-state index contributed by atoms with van der Waals surface area (Å²) in [5.74, 6) is -0.604. The highest BCUT2D eigenvalue weighted by atomic mass is 16.5. The van der Waals surface area contributed by atoms with Crippen LogP contribution in [0.4, 0.5) is 5.69 Å². The molecule has 0 saturated carbocycles. The van der Waals surface area contributed by atoms with Gasteiger partial charge in [0.1, 0.15) is 11.3 Å². The summed E-state index contributed by atoms with van der Waals surface area (Å²) in [5, 5.41) is 3.58. The lowest BCUT2D eigenvalue weighted by atomic mass is 10.1. The molecule has 3 rings (SSSR count). The number of anilines is 1. The van der Waals surface area contributed by atoms with Crippen LogP contribution < -0.4 is 10.2 Å². The van der Waals surface area contributed by atoms with Crippen molar-refractivity contribution in [1.82, 2.24) is 0 Å². The minimum Gasteiger partial charge on any atom is -0.460 e. The van der Waals surface area contributed by atoms with Crippen molar-refractivity contribution in [1.29, 1.82) is 0 Å². The van der Waals surface area contributed by atoms with Gasteiger partial charge in [-0.2, -0.15) is 0 Å². The van der Waals surface area contributed by atoms with E-state index in [1.807, 2.05) is 18.2 Å². The topological polar surface area (TPSA) is 73.0 Å². The van der Waals surface area contributed by atoms with Crippen LogP contribution in [0.25, 0.3) is 11.0 Å². The number of fused-ring (bicyclic) bond motifs is 1. The zero-order chi connectivity index (χ0) is 17.6. The summed E-state index contributed by atoms with van der Waals surface area (Å²) in [7, 11) is 0. The number of carbonyl (C=O) groups excluding carboxylic acids is 2. The SMILES string of the molecule is CCOC(=O)c1oc2ccccc2c1NC(=O)CC[NH+]1CCCCC1. The molecule has 6 nitrogen and oxygen atoms in total. The molecule has 0 radical (unpaired) electrons. The number of para-hydroxylation sites is 1. The third kappa shape index (κ3) is 4.20. The minimum absolute atomic E-state index is 0.0571. The molecule has 0 atom stereocenters. The maximum absolute atomic E-state index is 12.4. The van der Waals surface area contributed by atoms with Crippen LogP contribution in [-0.2, 0) is 9.53 Å². The van der Waals surface area contributed by atoms with Crippen LogP contribution in [0.2, 0.25) is 0 Å². The van der Waals surface area contributed by atoms with Crippen LogP contribution in [0.1, 0.15) is 43.2 Å². The highest BCUT2D eigenvalue weighted by molar-refractivity contribution is 6.09. The van der Waals surface area contributed by atoms with Gasteiger partial charge in [0.2, 0.25) is 11.7 Å². The number of likely N-dealkylation sites (tertiary alicyclic amines) is 1. The molecule has 1 aromatic heterocycles. The van der Waals surface area contributed by atoms with Crippen LogP contribution in [-0.4, -0.2) is 38.1 Å². The Hall–Kier alpha value is -2.34. The lowest BCUT2D eigenvalue weighted by Gasteiger charge is -2.23. The quantitative estimate of drug-likeness (QED) is 0.786. The molecular weight excluding hydrogens is 320 g/mol. The first-order valence-corrected chi connectivity index (χ1v) is 9.01. The zero-order valence-electron chi connectivity index (χ0n) is 14.6. The van der Waals surface area contributed by atoms with Crippen molar-refractivity contribution >= 4 is 28.5 Å². The molecule has 2 heterocycles. The number of ether oxygens (including phenoxy) is 1. The van der Waals surface area contributed by atoms with E-state index in [0.29, 0.717) is 23.1 Å². The summed E-state index contributed by atoms with van der Waals surface area (Å²) in [5.41, 5.74) is 0.968. The van der Waals surface area contributed by atoms with Crippen molar-refractivity contribution in [3.8, 4) is 0 Å². The molecule has 6 heteroatoms. The number of rotatable bonds is 6. The van der Waals surface area contributed by atoms with Crippen LogP contribution in [0.15, 0.2) is 28.7 Å². The average molecular weight is 345 g/mol. The number of amides is 1. The number of hydrogen-bond acceptors (Lipinski definition) is 4. The number of furan rings is 1. The normalized spacial score (nSPS) is 15.2. The molecule has 0 unspecified atom stereocenters. The number of hydrogen-bond donors (Lipinski definition) is 2. The van der Waals surface area contributed by atoms with E-state index < -0.39 is 5.97 Å². The maximum atomic E-state index is 12.4. The number of benzene rings is 1. The van der Waals surface area contributed by atoms with Gasteiger partial charge in [-0.3, -0.25) is 4.79 Å². The Morgan fingerprint density at radius 1 is 1.20 bits per heavy atom. The predicted octanol–water partition coefficient (Wildman–Crippen LogP) is 2.01. The molecule has 1 amide bonds. The highest BCUT2D eigenvalue weighted by Gasteiger charge is 2.23. The van der Waals surface area contributed by atoms with E-state index in [9.17, 15) is 9.59 Å². The van der Waals surface area contributed by atoms with E-state index in [1.165, 1.54) is 24.2 Å². The van der Waals surface area contributed by atoms with Crippen molar-refractivity contribution in [2.24, 2.45) is 0 Å². The number of nitrogens with one attached hydrogen (secondary N) is 2. The van der Waals surface area contributed by atoms with Gasteiger partial charge in [-0.05, 0) is 38.3 Å². The second-order valence-corrected chi connectivity index (χ2v) is 6.38. The van der Waals surface area contributed by atoms with Crippen molar-refractivity contribution in [3.63, 3.8) is 0 Å². The Kier molecular flexibility index (Phi) is 5.71. The second-order valence-electron chi connectivity index (χ2n) is 6.38. The molecule has 0 spiro atoms. The number of piperidine rings is 1. The molecule has 1 saturated heterocycles. The molecule has 1 aromatic carbocycles. The Balaban J connectivity index is 1.73. The monoisotopic (exact) mass is 345 g/mol. The number of esters is 1. The summed E-state index contributed by atoms with van der Waals surface area (Å²) in [6.45, 7) is 5.07. The fourth-order valence-corrected chi connectivity index (χ4v) is 3.30. The van der Waals surface area contributed by atoms with Gasteiger partial charge in [0.05, 0.1) is 32.7 Å². The van der Waals surface area contributed by atoms with E-state index in [0.717, 1.165) is 19.6 Å².